The van der Waals surface area contributed by atoms with Crippen LogP contribution in [0.1, 0.15) is 0 Å². The molecule has 0 spiro atoms. The number of rotatable bonds is 9. The van der Waals surface area contributed by atoms with E-state index in [0.29, 0.717) is 0 Å². The summed E-state index contributed by atoms with van der Waals surface area (Å²) in [5.41, 5.74) is 20.7. The van der Waals surface area contributed by atoms with Crippen LogP contribution in [0.4, 0.5) is 0 Å². The summed E-state index contributed by atoms with van der Waals surface area (Å²) in [5.74, 6) is 0.922. The van der Waals surface area contributed by atoms with E-state index in [-0.39, 0.29) is 0 Å². The van der Waals surface area contributed by atoms with Crippen LogP contribution in [0.5, 0.6) is 0 Å². The van der Waals surface area contributed by atoms with Crippen molar-refractivity contribution in [2.45, 2.75) is 0 Å². The molecule has 0 N–H and O–H groups in total. The Kier molecular flexibility index (Phi) is 9.93. The van der Waals surface area contributed by atoms with E-state index in [1.807, 2.05) is 0 Å². The Bertz CT molecular complexity index is 3350. The molecule has 11 aromatic rings. The van der Waals surface area contributed by atoms with Gasteiger partial charge in [-0.2, -0.15) is 0 Å². The van der Waals surface area contributed by atoms with Gasteiger partial charge in [0.2, 0.25) is 0 Å². The quantitative estimate of drug-likeness (QED) is 0.142. The van der Waals surface area contributed by atoms with Crippen molar-refractivity contribution < 1.29 is 0 Å². The van der Waals surface area contributed by atoms with Crippen molar-refractivity contribution in [1.82, 2.24) is 9.55 Å². The standard InChI is InChI=1S/C61H42N2/c1-6-21-43(22-7-1)54-42-55(59(45-25-10-3-11-26-45)60(46-27-12-4-13-28-46)58(54)44-23-8-2-9-24-44)51-33-19-31-49(40-51)47-29-18-30-48(39-47)50-32-20-34-52(41-50)61-62-56-37-16-17-38-57(56)63(61)53-35-14-5-15-36-53/h1-42H. The van der Waals surface area contributed by atoms with Gasteiger partial charge < -0.3 is 0 Å². The molecule has 63 heavy (non-hydrogen) atoms. The molecule has 1 aromatic heterocycles. The summed E-state index contributed by atoms with van der Waals surface area (Å²) in [5, 5.41) is 0. The molecule has 0 bridgehead atoms. The molecule has 0 aliphatic heterocycles. The summed E-state index contributed by atoms with van der Waals surface area (Å²) in [6.45, 7) is 0. The Morgan fingerprint density at radius 1 is 0.254 bits per heavy atom. The molecule has 1 heterocycles. The normalized spacial score (nSPS) is 11.2. The lowest BCUT2D eigenvalue weighted by Gasteiger charge is -2.24. The predicted molar refractivity (Wildman–Crippen MR) is 265 cm³/mol. The third-order valence-corrected chi connectivity index (χ3v) is 12.0. The van der Waals surface area contributed by atoms with Crippen LogP contribution in [0.15, 0.2) is 255 Å². The van der Waals surface area contributed by atoms with Gasteiger partial charge in [0.05, 0.1) is 11.0 Å². The van der Waals surface area contributed by atoms with Gasteiger partial charge in [-0.1, -0.05) is 206 Å². The van der Waals surface area contributed by atoms with Gasteiger partial charge in [0, 0.05) is 11.3 Å². The highest BCUT2D eigenvalue weighted by molar-refractivity contribution is 6.07. The average molecular weight is 803 g/mol. The lowest BCUT2D eigenvalue weighted by molar-refractivity contribution is 1.10. The molecule has 0 unspecified atom stereocenters. The van der Waals surface area contributed by atoms with Crippen LogP contribution >= 0.6 is 0 Å². The second kappa shape index (κ2) is 16.6. The number of benzene rings is 10. The highest BCUT2D eigenvalue weighted by Gasteiger charge is 2.24. The fourth-order valence-electron chi connectivity index (χ4n) is 9.10. The van der Waals surface area contributed by atoms with Crippen LogP contribution in [0.25, 0.3) is 106 Å². The summed E-state index contributed by atoms with van der Waals surface area (Å²) in [7, 11) is 0. The number of fused-ring (bicyclic) bond motifs is 1. The molecule has 10 aromatic carbocycles. The van der Waals surface area contributed by atoms with Crippen LogP contribution in [0, 0.1) is 0 Å². The molecule has 0 fully saturated rings. The van der Waals surface area contributed by atoms with Crippen LogP contribution in [0.3, 0.4) is 0 Å². The fourth-order valence-corrected chi connectivity index (χ4v) is 9.10. The van der Waals surface area contributed by atoms with Crippen LogP contribution < -0.4 is 0 Å². The first-order valence-electron chi connectivity index (χ1n) is 21.5. The Morgan fingerprint density at radius 3 is 1.16 bits per heavy atom. The first-order chi connectivity index (χ1) is 31.3. The van der Waals surface area contributed by atoms with Gasteiger partial charge in [0.15, 0.2) is 0 Å². The Hall–Kier alpha value is -8.33. The van der Waals surface area contributed by atoms with Crippen molar-refractivity contribution in [2.75, 3.05) is 0 Å². The van der Waals surface area contributed by atoms with Crippen molar-refractivity contribution in [2.24, 2.45) is 0 Å². The molecule has 296 valence electrons. The second-order valence-electron chi connectivity index (χ2n) is 15.9. The zero-order valence-electron chi connectivity index (χ0n) is 34.6. The summed E-state index contributed by atoms with van der Waals surface area (Å²) >= 11 is 0. The smallest absolute Gasteiger partial charge is 0.145 e. The second-order valence-corrected chi connectivity index (χ2v) is 15.9. The largest absolute Gasteiger partial charge is 0.292 e. The number of para-hydroxylation sites is 3. The molecule has 11 rings (SSSR count). The number of hydrogen-bond donors (Lipinski definition) is 0. The minimum absolute atomic E-state index is 0.922. The highest BCUT2D eigenvalue weighted by Crippen LogP contribution is 2.50. The summed E-state index contributed by atoms with van der Waals surface area (Å²) in [4.78, 5) is 5.16. The summed E-state index contributed by atoms with van der Waals surface area (Å²) in [6.07, 6.45) is 0. The fraction of sp³-hybridized carbons (Fsp3) is 0. The molecule has 0 amide bonds. The Balaban J connectivity index is 1.07. The van der Waals surface area contributed by atoms with Gasteiger partial charge >= 0.3 is 0 Å². The van der Waals surface area contributed by atoms with E-state index >= 15 is 0 Å². The molecule has 0 saturated heterocycles. The molecule has 0 aliphatic carbocycles. The molecule has 0 aliphatic rings. The SMILES string of the molecule is c1ccc(-c2cc(-c3cccc(-c4cccc(-c5cccc(-c6nc7ccccc7n6-c6ccccc6)c5)c4)c3)c(-c3ccccc3)c(-c3ccccc3)c2-c2ccccc2)cc1. The van der Waals surface area contributed by atoms with Crippen molar-refractivity contribution in [1.29, 1.82) is 0 Å². The third-order valence-electron chi connectivity index (χ3n) is 12.0. The van der Waals surface area contributed by atoms with E-state index in [1.54, 1.807) is 0 Å². The Morgan fingerprint density at radius 2 is 0.619 bits per heavy atom. The molecule has 0 radical (unpaired) electrons. The minimum Gasteiger partial charge on any atom is -0.292 e. The number of aromatic nitrogens is 2. The van der Waals surface area contributed by atoms with Crippen LogP contribution in [-0.4, -0.2) is 9.55 Å². The molecule has 2 heteroatoms. The van der Waals surface area contributed by atoms with Crippen molar-refractivity contribution in [3.63, 3.8) is 0 Å². The molecule has 0 atom stereocenters. The van der Waals surface area contributed by atoms with Crippen LogP contribution in [-0.2, 0) is 0 Å². The molecule has 0 saturated carbocycles. The van der Waals surface area contributed by atoms with E-state index in [2.05, 4.69) is 259 Å². The minimum atomic E-state index is 0.922. The van der Waals surface area contributed by atoms with Gasteiger partial charge in [-0.25, -0.2) is 4.98 Å². The molecular formula is C61H42N2. The van der Waals surface area contributed by atoms with E-state index in [4.69, 9.17) is 4.98 Å². The lowest BCUT2D eigenvalue weighted by atomic mass is 9.78. The van der Waals surface area contributed by atoms with E-state index in [9.17, 15) is 0 Å². The van der Waals surface area contributed by atoms with Gasteiger partial charge in [-0.15, -0.1) is 0 Å². The molecular weight excluding hydrogens is 761 g/mol. The number of nitrogens with zero attached hydrogens (tertiary/aromatic N) is 2. The molecule has 2 nitrogen and oxygen atoms in total. The van der Waals surface area contributed by atoms with Gasteiger partial charge in [0.25, 0.3) is 0 Å². The monoisotopic (exact) mass is 802 g/mol. The van der Waals surface area contributed by atoms with Gasteiger partial charge in [0.1, 0.15) is 5.82 Å². The van der Waals surface area contributed by atoms with Crippen molar-refractivity contribution in [3.8, 4) is 95.0 Å². The number of hydrogen-bond acceptors (Lipinski definition) is 1. The maximum atomic E-state index is 5.16. The summed E-state index contributed by atoms with van der Waals surface area (Å²) in [6, 6.07) is 91.6. The number of imidazole rings is 1. The summed E-state index contributed by atoms with van der Waals surface area (Å²) < 4.78 is 2.26. The van der Waals surface area contributed by atoms with Gasteiger partial charge in [-0.3, -0.25) is 4.57 Å². The Labute approximate surface area is 368 Å². The third kappa shape index (κ3) is 7.24. The predicted octanol–water partition coefficient (Wildman–Crippen LogP) is 16.4. The van der Waals surface area contributed by atoms with E-state index < -0.39 is 0 Å². The topological polar surface area (TPSA) is 17.8 Å². The van der Waals surface area contributed by atoms with E-state index in [1.165, 1.54) is 50.1 Å². The first-order valence-corrected chi connectivity index (χ1v) is 21.5. The maximum absolute atomic E-state index is 5.16. The van der Waals surface area contributed by atoms with Crippen LogP contribution in [0.2, 0.25) is 0 Å². The lowest BCUT2D eigenvalue weighted by Crippen LogP contribution is -1.98. The average Bonchev–Trinajstić information content (AvgIpc) is 3.77. The highest BCUT2D eigenvalue weighted by atomic mass is 15.1. The van der Waals surface area contributed by atoms with E-state index in [0.717, 1.165) is 55.9 Å². The maximum Gasteiger partial charge on any atom is 0.145 e. The van der Waals surface area contributed by atoms with Crippen molar-refractivity contribution in [3.05, 3.63) is 255 Å². The van der Waals surface area contributed by atoms with Gasteiger partial charge in [-0.05, 0) is 126 Å². The zero-order chi connectivity index (χ0) is 42.0. The zero-order valence-corrected chi connectivity index (χ0v) is 34.6. The first kappa shape index (κ1) is 37.7. The van der Waals surface area contributed by atoms with Crippen molar-refractivity contribution >= 4 is 11.0 Å².